The molecule has 0 spiro atoms. The van der Waals surface area contributed by atoms with Crippen LogP contribution >= 0.6 is 0 Å². The first kappa shape index (κ1) is 16.4. The van der Waals surface area contributed by atoms with Crippen molar-refractivity contribution < 1.29 is 13.9 Å². The lowest BCUT2D eigenvalue weighted by Gasteiger charge is -2.24. The molecule has 112 valence electrons. The summed E-state index contributed by atoms with van der Waals surface area (Å²) in [4.78, 5) is 12.0. The van der Waals surface area contributed by atoms with Crippen molar-refractivity contribution in [2.75, 3.05) is 20.2 Å². The van der Waals surface area contributed by atoms with Crippen molar-refractivity contribution in [2.45, 2.75) is 26.7 Å². The molecule has 1 aromatic rings. The molecule has 0 saturated heterocycles. The maximum Gasteiger partial charge on any atom is 0.251 e. The Morgan fingerprint density at radius 3 is 2.70 bits per heavy atom. The van der Waals surface area contributed by atoms with Gasteiger partial charge in [-0.3, -0.25) is 4.79 Å². The second-order valence-corrected chi connectivity index (χ2v) is 5.59. The van der Waals surface area contributed by atoms with Gasteiger partial charge in [-0.2, -0.15) is 0 Å². The zero-order valence-corrected chi connectivity index (χ0v) is 12.3. The topological polar surface area (TPSA) is 64.3 Å². The molecule has 0 saturated carbocycles. The normalized spacial score (nSPS) is 11.2. The van der Waals surface area contributed by atoms with Gasteiger partial charge in [-0.25, -0.2) is 4.39 Å². The summed E-state index contributed by atoms with van der Waals surface area (Å²) in [5, 5.41) is 2.83. The number of amides is 1. The number of nitrogens with two attached hydrogens (primary N) is 1. The van der Waals surface area contributed by atoms with Crippen LogP contribution in [0.25, 0.3) is 0 Å². The van der Waals surface area contributed by atoms with E-state index in [0.717, 1.165) is 12.8 Å². The molecule has 0 aliphatic heterocycles. The summed E-state index contributed by atoms with van der Waals surface area (Å²) in [5.74, 6) is -0.695. The summed E-state index contributed by atoms with van der Waals surface area (Å²) in [6.45, 7) is 5.30. The lowest BCUT2D eigenvalue weighted by atomic mass is 9.87. The summed E-state index contributed by atoms with van der Waals surface area (Å²) < 4.78 is 18.4. The highest BCUT2D eigenvalue weighted by Crippen LogP contribution is 2.21. The Balaban J connectivity index is 2.61. The summed E-state index contributed by atoms with van der Waals surface area (Å²) >= 11 is 0. The molecule has 4 nitrogen and oxygen atoms in total. The molecule has 0 heterocycles. The van der Waals surface area contributed by atoms with E-state index in [2.05, 4.69) is 19.2 Å². The first-order valence-electron chi connectivity index (χ1n) is 6.71. The predicted molar refractivity (Wildman–Crippen MR) is 77.4 cm³/mol. The van der Waals surface area contributed by atoms with Crippen molar-refractivity contribution in [3.8, 4) is 5.75 Å². The second kappa shape index (κ2) is 7.24. The first-order chi connectivity index (χ1) is 9.39. The zero-order valence-electron chi connectivity index (χ0n) is 12.3. The molecule has 20 heavy (non-hydrogen) atoms. The van der Waals surface area contributed by atoms with Gasteiger partial charge in [0.15, 0.2) is 11.6 Å². The predicted octanol–water partition coefficient (Wildman–Crippen LogP) is 2.33. The smallest absolute Gasteiger partial charge is 0.251 e. The highest BCUT2D eigenvalue weighted by atomic mass is 19.1. The Hall–Kier alpha value is -1.62. The van der Waals surface area contributed by atoms with Crippen molar-refractivity contribution in [3.05, 3.63) is 29.6 Å². The molecule has 1 amide bonds. The SMILES string of the molecule is COc1ccc(C(=O)NCC(C)(C)CCCN)cc1F. The first-order valence-corrected chi connectivity index (χ1v) is 6.71. The summed E-state index contributed by atoms with van der Waals surface area (Å²) in [6, 6.07) is 4.18. The van der Waals surface area contributed by atoms with E-state index < -0.39 is 5.82 Å². The van der Waals surface area contributed by atoms with E-state index in [4.69, 9.17) is 10.5 Å². The number of rotatable bonds is 7. The molecule has 1 rings (SSSR count). The Morgan fingerprint density at radius 2 is 2.15 bits per heavy atom. The summed E-state index contributed by atoms with van der Waals surface area (Å²) in [5.41, 5.74) is 5.75. The van der Waals surface area contributed by atoms with Crippen molar-refractivity contribution in [1.29, 1.82) is 0 Å². The van der Waals surface area contributed by atoms with E-state index >= 15 is 0 Å². The van der Waals surface area contributed by atoms with Crippen molar-refractivity contribution in [1.82, 2.24) is 5.32 Å². The third kappa shape index (κ3) is 4.81. The van der Waals surface area contributed by atoms with E-state index in [9.17, 15) is 9.18 Å². The van der Waals surface area contributed by atoms with Gasteiger partial charge in [-0.15, -0.1) is 0 Å². The fourth-order valence-electron chi connectivity index (χ4n) is 1.90. The van der Waals surface area contributed by atoms with Crippen LogP contribution < -0.4 is 15.8 Å². The van der Waals surface area contributed by atoms with E-state index in [1.807, 2.05) is 0 Å². The van der Waals surface area contributed by atoms with Crippen LogP contribution in [0.15, 0.2) is 18.2 Å². The minimum absolute atomic E-state index is 0.0277. The average molecular weight is 282 g/mol. The fraction of sp³-hybridized carbons (Fsp3) is 0.533. The molecule has 0 radical (unpaired) electrons. The molecular formula is C15H23FN2O2. The van der Waals surface area contributed by atoms with Crippen LogP contribution in [0.4, 0.5) is 4.39 Å². The van der Waals surface area contributed by atoms with Gasteiger partial charge in [0.1, 0.15) is 0 Å². The minimum atomic E-state index is -0.539. The van der Waals surface area contributed by atoms with Crippen LogP contribution in [0.3, 0.4) is 0 Å². The maximum absolute atomic E-state index is 13.5. The number of ether oxygens (including phenoxy) is 1. The zero-order chi connectivity index (χ0) is 15.2. The molecule has 0 bridgehead atoms. The molecular weight excluding hydrogens is 259 g/mol. The van der Waals surface area contributed by atoms with Gasteiger partial charge < -0.3 is 15.8 Å². The maximum atomic E-state index is 13.5. The van der Waals surface area contributed by atoms with Gasteiger partial charge in [0.25, 0.3) is 5.91 Å². The van der Waals surface area contributed by atoms with Crippen LogP contribution in [0, 0.1) is 11.2 Å². The van der Waals surface area contributed by atoms with Crippen molar-refractivity contribution >= 4 is 5.91 Å². The van der Waals surface area contributed by atoms with Gasteiger partial charge in [0.2, 0.25) is 0 Å². The van der Waals surface area contributed by atoms with Crippen LogP contribution in [-0.2, 0) is 0 Å². The number of carbonyl (C=O) groups excluding carboxylic acids is 1. The molecule has 0 unspecified atom stereocenters. The highest BCUT2D eigenvalue weighted by molar-refractivity contribution is 5.94. The minimum Gasteiger partial charge on any atom is -0.494 e. The Labute approximate surface area is 119 Å². The number of carbonyl (C=O) groups is 1. The number of hydrogen-bond acceptors (Lipinski definition) is 3. The van der Waals surface area contributed by atoms with E-state index in [1.54, 1.807) is 6.07 Å². The number of halogens is 1. The second-order valence-electron chi connectivity index (χ2n) is 5.59. The molecule has 0 aliphatic rings. The Kier molecular flexibility index (Phi) is 5.95. The van der Waals surface area contributed by atoms with Crippen molar-refractivity contribution in [2.24, 2.45) is 11.1 Å². The van der Waals surface area contributed by atoms with Crippen molar-refractivity contribution in [3.63, 3.8) is 0 Å². The molecule has 0 aliphatic carbocycles. The molecule has 0 aromatic heterocycles. The van der Waals surface area contributed by atoms with Crippen LogP contribution in [0.2, 0.25) is 0 Å². The highest BCUT2D eigenvalue weighted by Gasteiger charge is 2.19. The van der Waals surface area contributed by atoms with Crippen LogP contribution in [0.1, 0.15) is 37.0 Å². The number of benzene rings is 1. The standard InChI is InChI=1S/C15H23FN2O2/c1-15(2,7-4-8-17)10-18-14(19)11-5-6-13(20-3)12(16)9-11/h5-6,9H,4,7-8,10,17H2,1-3H3,(H,18,19). The molecule has 3 N–H and O–H groups in total. The van der Waals surface area contributed by atoms with E-state index in [-0.39, 0.29) is 22.6 Å². The van der Waals surface area contributed by atoms with Gasteiger partial charge in [0, 0.05) is 12.1 Å². The average Bonchev–Trinajstić information content (AvgIpc) is 2.42. The number of methoxy groups -OCH3 is 1. The largest absolute Gasteiger partial charge is 0.494 e. The Bertz CT molecular complexity index is 461. The monoisotopic (exact) mass is 282 g/mol. The van der Waals surface area contributed by atoms with Crippen LogP contribution in [0.5, 0.6) is 5.75 Å². The van der Waals surface area contributed by atoms with E-state index in [1.165, 1.54) is 19.2 Å². The third-order valence-corrected chi connectivity index (χ3v) is 3.20. The van der Waals surface area contributed by atoms with Crippen LogP contribution in [-0.4, -0.2) is 26.1 Å². The summed E-state index contributed by atoms with van der Waals surface area (Å²) in [6.07, 6.45) is 1.85. The molecule has 1 aromatic carbocycles. The quantitative estimate of drug-likeness (QED) is 0.806. The Morgan fingerprint density at radius 1 is 1.45 bits per heavy atom. The molecule has 0 fully saturated rings. The summed E-state index contributed by atoms with van der Waals surface area (Å²) in [7, 11) is 1.39. The van der Waals surface area contributed by atoms with Gasteiger partial charge >= 0.3 is 0 Å². The number of hydrogen-bond donors (Lipinski definition) is 2. The number of nitrogens with one attached hydrogen (secondary N) is 1. The fourth-order valence-corrected chi connectivity index (χ4v) is 1.90. The van der Waals surface area contributed by atoms with E-state index in [0.29, 0.717) is 13.1 Å². The third-order valence-electron chi connectivity index (χ3n) is 3.20. The lowest BCUT2D eigenvalue weighted by Crippen LogP contribution is -2.34. The molecule has 0 atom stereocenters. The van der Waals surface area contributed by atoms with Gasteiger partial charge in [-0.05, 0) is 43.0 Å². The lowest BCUT2D eigenvalue weighted by molar-refractivity contribution is 0.0934. The van der Waals surface area contributed by atoms with Gasteiger partial charge in [0.05, 0.1) is 7.11 Å². The van der Waals surface area contributed by atoms with Gasteiger partial charge in [-0.1, -0.05) is 13.8 Å². The molecule has 5 heteroatoms.